The van der Waals surface area contributed by atoms with Gasteiger partial charge in [0.1, 0.15) is 0 Å². The van der Waals surface area contributed by atoms with Crippen LogP contribution in [0.3, 0.4) is 0 Å². The van der Waals surface area contributed by atoms with Crippen LogP contribution in [0.2, 0.25) is 0 Å². The van der Waals surface area contributed by atoms with Crippen LogP contribution in [-0.2, 0) is 11.2 Å². The summed E-state index contributed by atoms with van der Waals surface area (Å²) >= 11 is 0. The fourth-order valence-electron chi connectivity index (χ4n) is 2.60. The summed E-state index contributed by atoms with van der Waals surface area (Å²) in [6.45, 7) is 0. The molecule has 0 aliphatic heterocycles. The lowest BCUT2D eigenvalue weighted by atomic mass is 10.1. The molecule has 6 heteroatoms. The summed E-state index contributed by atoms with van der Waals surface area (Å²) < 4.78 is 10.4. The number of nitrogens with zero attached hydrogens (tertiary/aromatic N) is 1. The van der Waals surface area contributed by atoms with Crippen molar-refractivity contribution in [3.05, 3.63) is 59.8 Å². The van der Waals surface area contributed by atoms with E-state index in [0.29, 0.717) is 11.5 Å². The minimum atomic E-state index is -0.179. The number of para-hydroxylation sites is 1. The van der Waals surface area contributed by atoms with Crippen LogP contribution in [0.25, 0.3) is 10.9 Å². The van der Waals surface area contributed by atoms with Gasteiger partial charge in [-0.1, -0.05) is 18.2 Å². The van der Waals surface area contributed by atoms with Gasteiger partial charge in [0.05, 0.1) is 26.9 Å². The molecule has 0 saturated carbocycles. The van der Waals surface area contributed by atoms with Gasteiger partial charge in [-0.05, 0) is 35.4 Å². The molecule has 1 heterocycles. The van der Waals surface area contributed by atoms with Crippen LogP contribution in [-0.4, -0.2) is 31.3 Å². The predicted octanol–water partition coefficient (Wildman–Crippen LogP) is 2.88. The van der Waals surface area contributed by atoms with Gasteiger partial charge in [-0.3, -0.25) is 4.79 Å². The lowest BCUT2D eigenvalue weighted by Gasteiger charge is -2.07. The number of methoxy groups -OCH3 is 2. The number of carbonyl (C=O) groups excluding carboxylic acids is 1. The summed E-state index contributed by atoms with van der Waals surface area (Å²) in [4.78, 5) is 15.2. The highest BCUT2D eigenvalue weighted by atomic mass is 16.5. The third-order valence-corrected chi connectivity index (χ3v) is 3.84. The van der Waals surface area contributed by atoms with Crippen molar-refractivity contribution in [1.29, 1.82) is 0 Å². The fourth-order valence-corrected chi connectivity index (χ4v) is 2.60. The third kappa shape index (κ3) is 3.80. The number of nitrogens with one attached hydrogen (secondary N) is 2. The van der Waals surface area contributed by atoms with E-state index in [1.807, 2.05) is 36.5 Å². The number of amides is 1. The number of benzene rings is 2. The Bertz CT molecular complexity index is 915. The molecule has 0 radical (unpaired) electrons. The second kappa shape index (κ2) is 7.53. The van der Waals surface area contributed by atoms with Gasteiger partial charge in [-0.2, -0.15) is 5.10 Å². The van der Waals surface area contributed by atoms with Gasteiger partial charge in [0.2, 0.25) is 5.91 Å². The number of ether oxygens (including phenoxy) is 2. The second-order valence-electron chi connectivity index (χ2n) is 5.44. The van der Waals surface area contributed by atoms with Crippen LogP contribution in [0.5, 0.6) is 11.5 Å². The molecule has 1 amide bonds. The first kappa shape index (κ1) is 16.6. The molecule has 0 spiro atoms. The molecule has 128 valence electrons. The molecule has 0 unspecified atom stereocenters. The summed E-state index contributed by atoms with van der Waals surface area (Å²) in [6, 6.07) is 13.3. The van der Waals surface area contributed by atoms with Crippen molar-refractivity contribution in [2.75, 3.05) is 14.2 Å². The zero-order chi connectivity index (χ0) is 17.6. The van der Waals surface area contributed by atoms with E-state index in [1.165, 1.54) is 0 Å². The van der Waals surface area contributed by atoms with Gasteiger partial charge in [-0.25, -0.2) is 5.43 Å². The summed E-state index contributed by atoms with van der Waals surface area (Å²) in [5.74, 6) is 1.07. The van der Waals surface area contributed by atoms with E-state index in [4.69, 9.17) is 9.47 Å². The number of hydrazone groups is 1. The normalized spacial score (nSPS) is 11.0. The maximum absolute atomic E-state index is 12.1. The number of aromatic amines is 1. The van der Waals surface area contributed by atoms with Crippen molar-refractivity contribution >= 4 is 23.0 Å². The highest BCUT2D eigenvalue weighted by Gasteiger charge is 2.08. The Morgan fingerprint density at radius 2 is 1.96 bits per heavy atom. The molecule has 2 N–H and O–H groups in total. The molecule has 6 nitrogen and oxygen atoms in total. The lowest BCUT2D eigenvalue weighted by molar-refractivity contribution is -0.120. The number of H-pyrrole nitrogens is 1. The molecule has 0 bridgehead atoms. The summed E-state index contributed by atoms with van der Waals surface area (Å²) in [5.41, 5.74) is 5.29. The van der Waals surface area contributed by atoms with Gasteiger partial charge in [0.15, 0.2) is 11.5 Å². The number of aromatic nitrogens is 1. The Morgan fingerprint density at radius 1 is 1.16 bits per heavy atom. The minimum absolute atomic E-state index is 0.179. The van der Waals surface area contributed by atoms with Crippen molar-refractivity contribution in [2.24, 2.45) is 5.10 Å². The number of fused-ring (bicyclic) bond motifs is 1. The van der Waals surface area contributed by atoms with E-state index in [9.17, 15) is 4.79 Å². The molecule has 0 atom stereocenters. The average Bonchev–Trinajstić information content (AvgIpc) is 3.04. The SMILES string of the molecule is COc1ccc(/C=N\NC(=O)Cc2c[nH]c3ccccc23)cc1OC. The Hall–Kier alpha value is -3.28. The molecule has 2 aromatic carbocycles. The summed E-state index contributed by atoms with van der Waals surface area (Å²) in [6.07, 6.45) is 3.67. The zero-order valence-corrected chi connectivity index (χ0v) is 14.1. The smallest absolute Gasteiger partial charge is 0.244 e. The minimum Gasteiger partial charge on any atom is -0.493 e. The number of rotatable bonds is 6. The lowest BCUT2D eigenvalue weighted by Crippen LogP contribution is -2.19. The van der Waals surface area contributed by atoms with Gasteiger partial charge < -0.3 is 14.5 Å². The molecule has 0 fully saturated rings. The first-order valence-electron chi connectivity index (χ1n) is 7.80. The monoisotopic (exact) mass is 337 g/mol. The molecule has 3 aromatic rings. The first-order valence-corrected chi connectivity index (χ1v) is 7.80. The van der Waals surface area contributed by atoms with E-state index >= 15 is 0 Å². The van der Waals surface area contributed by atoms with Crippen LogP contribution in [0.15, 0.2) is 53.8 Å². The maximum atomic E-state index is 12.1. The average molecular weight is 337 g/mol. The molecule has 1 aromatic heterocycles. The van der Waals surface area contributed by atoms with Crippen molar-refractivity contribution in [3.63, 3.8) is 0 Å². The van der Waals surface area contributed by atoms with Crippen LogP contribution in [0.1, 0.15) is 11.1 Å². The van der Waals surface area contributed by atoms with Crippen LogP contribution >= 0.6 is 0 Å². The Morgan fingerprint density at radius 3 is 2.76 bits per heavy atom. The highest BCUT2D eigenvalue weighted by molar-refractivity contribution is 5.89. The first-order chi connectivity index (χ1) is 12.2. The Kier molecular flexibility index (Phi) is 4.99. The van der Waals surface area contributed by atoms with Crippen molar-refractivity contribution in [1.82, 2.24) is 10.4 Å². The molecule has 3 rings (SSSR count). The summed E-state index contributed by atoms with van der Waals surface area (Å²) in [5, 5.41) is 5.04. The zero-order valence-electron chi connectivity index (χ0n) is 14.1. The predicted molar refractivity (Wildman–Crippen MR) is 97.3 cm³/mol. The van der Waals surface area contributed by atoms with E-state index in [0.717, 1.165) is 22.0 Å². The van der Waals surface area contributed by atoms with E-state index < -0.39 is 0 Å². The number of carbonyl (C=O) groups is 1. The van der Waals surface area contributed by atoms with Crippen LogP contribution in [0.4, 0.5) is 0 Å². The molecule has 0 aliphatic carbocycles. The quantitative estimate of drug-likeness (QED) is 0.536. The highest BCUT2D eigenvalue weighted by Crippen LogP contribution is 2.26. The van der Waals surface area contributed by atoms with Gasteiger partial charge in [-0.15, -0.1) is 0 Å². The van der Waals surface area contributed by atoms with Crippen LogP contribution < -0.4 is 14.9 Å². The maximum Gasteiger partial charge on any atom is 0.244 e. The Balaban J connectivity index is 1.63. The number of hydrogen-bond donors (Lipinski definition) is 2. The summed E-state index contributed by atoms with van der Waals surface area (Å²) in [7, 11) is 3.15. The molecule has 0 aliphatic rings. The molecule has 25 heavy (non-hydrogen) atoms. The van der Waals surface area contributed by atoms with Crippen molar-refractivity contribution in [3.8, 4) is 11.5 Å². The molecular weight excluding hydrogens is 318 g/mol. The van der Waals surface area contributed by atoms with Crippen LogP contribution in [0, 0.1) is 0 Å². The van der Waals surface area contributed by atoms with E-state index in [1.54, 1.807) is 32.6 Å². The number of hydrogen-bond acceptors (Lipinski definition) is 4. The van der Waals surface area contributed by atoms with Gasteiger partial charge in [0.25, 0.3) is 0 Å². The topological polar surface area (TPSA) is 75.7 Å². The fraction of sp³-hybridized carbons (Fsp3) is 0.158. The largest absolute Gasteiger partial charge is 0.493 e. The van der Waals surface area contributed by atoms with Gasteiger partial charge >= 0.3 is 0 Å². The molecule has 0 saturated heterocycles. The van der Waals surface area contributed by atoms with Gasteiger partial charge in [0, 0.05) is 17.1 Å². The van der Waals surface area contributed by atoms with Crippen molar-refractivity contribution in [2.45, 2.75) is 6.42 Å². The van der Waals surface area contributed by atoms with E-state index in [-0.39, 0.29) is 12.3 Å². The standard InChI is InChI=1S/C19H19N3O3/c1-24-17-8-7-13(9-18(17)25-2)11-21-22-19(23)10-14-12-20-16-6-4-3-5-15(14)16/h3-9,11-12,20H,10H2,1-2H3,(H,22,23)/b21-11-. The Labute approximate surface area is 145 Å². The molecular formula is C19H19N3O3. The van der Waals surface area contributed by atoms with E-state index in [2.05, 4.69) is 15.5 Å². The second-order valence-corrected chi connectivity index (χ2v) is 5.44. The third-order valence-electron chi connectivity index (χ3n) is 3.84. The van der Waals surface area contributed by atoms with Crippen molar-refractivity contribution < 1.29 is 14.3 Å².